The minimum Gasteiger partial charge on any atom is -0.491 e. The summed E-state index contributed by atoms with van der Waals surface area (Å²) in [6.45, 7) is 3.49. The number of nitrogens with one attached hydrogen (secondary N) is 1. The predicted molar refractivity (Wildman–Crippen MR) is 93.8 cm³/mol. The van der Waals surface area contributed by atoms with Gasteiger partial charge in [0, 0.05) is 13.7 Å². The molecule has 0 fully saturated rings. The summed E-state index contributed by atoms with van der Waals surface area (Å²) < 4.78 is 10.4. The van der Waals surface area contributed by atoms with Crippen LogP contribution in [-0.2, 0) is 16.1 Å². The fourth-order valence-corrected chi connectivity index (χ4v) is 2.17. The normalized spacial score (nSPS) is 11.8. The number of hydrogen-bond donors (Lipinski definition) is 2. The summed E-state index contributed by atoms with van der Waals surface area (Å²) in [5.41, 5.74) is 8.93. The summed E-state index contributed by atoms with van der Waals surface area (Å²) in [4.78, 5) is 12.2. The lowest BCUT2D eigenvalue weighted by Crippen LogP contribution is -2.33. The van der Waals surface area contributed by atoms with E-state index in [0.717, 1.165) is 22.4 Å². The van der Waals surface area contributed by atoms with Gasteiger partial charge in [-0.1, -0.05) is 42.0 Å². The summed E-state index contributed by atoms with van der Waals surface area (Å²) in [7, 11) is 1.64. The summed E-state index contributed by atoms with van der Waals surface area (Å²) in [5.74, 6) is 0.581. The van der Waals surface area contributed by atoms with Gasteiger partial charge < -0.3 is 20.5 Å². The van der Waals surface area contributed by atoms with Gasteiger partial charge in [0.2, 0.25) is 5.91 Å². The second-order valence-electron chi connectivity index (χ2n) is 5.59. The second kappa shape index (κ2) is 9.05. The van der Waals surface area contributed by atoms with Gasteiger partial charge in [-0.3, -0.25) is 4.79 Å². The molecule has 0 saturated heterocycles. The smallest absolute Gasteiger partial charge is 0.241 e. The number of ether oxygens (including phenoxy) is 2. The van der Waals surface area contributed by atoms with Crippen molar-refractivity contribution in [3.05, 3.63) is 65.2 Å². The van der Waals surface area contributed by atoms with Gasteiger partial charge in [0.05, 0.1) is 6.61 Å². The first-order valence-corrected chi connectivity index (χ1v) is 7.90. The highest BCUT2D eigenvalue weighted by Crippen LogP contribution is 2.14. The number of carbonyl (C=O) groups is 1. The van der Waals surface area contributed by atoms with Crippen molar-refractivity contribution in [3.8, 4) is 5.75 Å². The van der Waals surface area contributed by atoms with Crippen LogP contribution >= 0.6 is 0 Å². The van der Waals surface area contributed by atoms with E-state index in [2.05, 4.69) is 5.32 Å². The Morgan fingerprint density at radius 2 is 1.75 bits per heavy atom. The molecule has 0 aliphatic rings. The first-order chi connectivity index (χ1) is 11.6. The van der Waals surface area contributed by atoms with Gasteiger partial charge in [0.1, 0.15) is 18.4 Å². The zero-order chi connectivity index (χ0) is 17.4. The van der Waals surface area contributed by atoms with Crippen molar-refractivity contribution in [1.82, 2.24) is 5.32 Å². The average Bonchev–Trinajstić information content (AvgIpc) is 2.61. The van der Waals surface area contributed by atoms with E-state index in [1.807, 2.05) is 55.5 Å². The fourth-order valence-electron chi connectivity index (χ4n) is 2.17. The number of methoxy groups -OCH3 is 1. The Morgan fingerprint density at radius 1 is 1.08 bits per heavy atom. The monoisotopic (exact) mass is 328 g/mol. The van der Waals surface area contributed by atoms with Gasteiger partial charge in [-0.2, -0.15) is 0 Å². The van der Waals surface area contributed by atoms with Crippen LogP contribution in [0.15, 0.2) is 48.5 Å². The summed E-state index contributed by atoms with van der Waals surface area (Å²) in [6, 6.07) is 14.6. The van der Waals surface area contributed by atoms with E-state index in [-0.39, 0.29) is 5.91 Å². The molecule has 0 aliphatic heterocycles. The molecule has 0 aromatic heterocycles. The van der Waals surface area contributed by atoms with Crippen LogP contribution in [0.3, 0.4) is 0 Å². The van der Waals surface area contributed by atoms with E-state index in [0.29, 0.717) is 19.8 Å². The van der Waals surface area contributed by atoms with Crippen LogP contribution in [0.5, 0.6) is 5.75 Å². The Kier molecular flexibility index (Phi) is 6.78. The maximum Gasteiger partial charge on any atom is 0.241 e. The molecular weight excluding hydrogens is 304 g/mol. The van der Waals surface area contributed by atoms with Crippen molar-refractivity contribution in [3.63, 3.8) is 0 Å². The molecule has 2 aromatic rings. The molecule has 0 bridgehead atoms. The molecule has 0 spiro atoms. The molecule has 3 N–H and O–H groups in total. The maximum absolute atomic E-state index is 12.2. The van der Waals surface area contributed by atoms with Gasteiger partial charge in [0.25, 0.3) is 0 Å². The van der Waals surface area contributed by atoms with Crippen LogP contribution in [0.2, 0.25) is 0 Å². The van der Waals surface area contributed by atoms with Crippen molar-refractivity contribution in [1.29, 1.82) is 0 Å². The summed E-state index contributed by atoms with van der Waals surface area (Å²) in [6.07, 6.45) is 0. The van der Waals surface area contributed by atoms with Crippen LogP contribution in [0.4, 0.5) is 0 Å². The second-order valence-corrected chi connectivity index (χ2v) is 5.59. The van der Waals surface area contributed by atoms with E-state index in [1.54, 1.807) is 7.11 Å². The Labute approximate surface area is 142 Å². The lowest BCUT2D eigenvalue weighted by molar-refractivity contribution is -0.122. The molecule has 5 nitrogen and oxygen atoms in total. The highest BCUT2D eigenvalue weighted by molar-refractivity contribution is 5.82. The summed E-state index contributed by atoms with van der Waals surface area (Å²) >= 11 is 0. The van der Waals surface area contributed by atoms with Gasteiger partial charge in [-0.15, -0.1) is 0 Å². The van der Waals surface area contributed by atoms with Gasteiger partial charge in [0.15, 0.2) is 0 Å². The number of benzene rings is 2. The van der Waals surface area contributed by atoms with Crippen molar-refractivity contribution in [2.75, 3.05) is 20.3 Å². The molecule has 1 amide bonds. The van der Waals surface area contributed by atoms with Crippen molar-refractivity contribution in [2.45, 2.75) is 19.5 Å². The van der Waals surface area contributed by atoms with E-state index in [9.17, 15) is 4.79 Å². The zero-order valence-electron chi connectivity index (χ0n) is 14.1. The lowest BCUT2D eigenvalue weighted by atomic mass is 10.1. The Bertz CT molecular complexity index is 639. The SMILES string of the molecule is COCCOc1ccc(CNC(=O)C(N)c2ccc(C)cc2)cc1. The molecule has 2 rings (SSSR count). The standard InChI is InChI=1S/C19H24N2O3/c1-14-3-7-16(8-4-14)18(20)19(22)21-13-15-5-9-17(10-6-15)24-12-11-23-2/h3-10,18H,11-13,20H2,1-2H3,(H,21,22). The minimum absolute atomic E-state index is 0.195. The molecule has 0 heterocycles. The molecule has 1 atom stereocenters. The maximum atomic E-state index is 12.2. The Balaban J connectivity index is 1.83. The number of amides is 1. The van der Waals surface area contributed by atoms with Crippen LogP contribution < -0.4 is 15.8 Å². The highest BCUT2D eigenvalue weighted by Gasteiger charge is 2.15. The fraction of sp³-hybridized carbons (Fsp3) is 0.316. The van der Waals surface area contributed by atoms with E-state index in [4.69, 9.17) is 15.2 Å². The van der Waals surface area contributed by atoms with E-state index in [1.165, 1.54) is 0 Å². The van der Waals surface area contributed by atoms with Crippen LogP contribution in [0.1, 0.15) is 22.7 Å². The van der Waals surface area contributed by atoms with Gasteiger partial charge in [-0.05, 0) is 30.2 Å². The van der Waals surface area contributed by atoms with Crippen LogP contribution in [-0.4, -0.2) is 26.2 Å². The molecule has 5 heteroatoms. The number of aryl methyl sites for hydroxylation is 1. The largest absolute Gasteiger partial charge is 0.491 e. The quantitative estimate of drug-likeness (QED) is 0.730. The molecule has 0 radical (unpaired) electrons. The van der Waals surface area contributed by atoms with E-state index < -0.39 is 6.04 Å². The Hall–Kier alpha value is -2.37. The molecule has 128 valence electrons. The number of carbonyl (C=O) groups excluding carboxylic acids is 1. The number of rotatable bonds is 8. The molecular formula is C19H24N2O3. The lowest BCUT2D eigenvalue weighted by Gasteiger charge is -2.13. The third-order valence-corrected chi connectivity index (χ3v) is 3.67. The zero-order valence-corrected chi connectivity index (χ0v) is 14.1. The third-order valence-electron chi connectivity index (χ3n) is 3.67. The van der Waals surface area contributed by atoms with Crippen molar-refractivity contribution < 1.29 is 14.3 Å². The summed E-state index contributed by atoms with van der Waals surface area (Å²) in [5, 5.41) is 2.86. The first-order valence-electron chi connectivity index (χ1n) is 7.90. The molecule has 0 aliphatic carbocycles. The number of nitrogens with two attached hydrogens (primary N) is 1. The highest BCUT2D eigenvalue weighted by atomic mass is 16.5. The third kappa shape index (κ3) is 5.37. The van der Waals surface area contributed by atoms with Crippen molar-refractivity contribution in [2.24, 2.45) is 5.73 Å². The number of hydrogen-bond acceptors (Lipinski definition) is 4. The van der Waals surface area contributed by atoms with Crippen LogP contribution in [0.25, 0.3) is 0 Å². The molecule has 24 heavy (non-hydrogen) atoms. The van der Waals surface area contributed by atoms with Gasteiger partial charge >= 0.3 is 0 Å². The van der Waals surface area contributed by atoms with E-state index >= 15 is 0 Å². The van der Waals surface area contributed by atoms with Gasteiger partial charge in [-0.25, -0.2) is 0 Å². The molecule has 1 unspecified atom stereocenters. The topological polar surface area (TPSA) is 73.6 Å². The molecule has 0 saturated carbocycles. The van der Waals surface area contributed by atoms with Crippen LogP contribution in [0, 0.1) is 6.92 Å². The predicted octanol–water partition coefficient (Wildman–Crippen LogP) is 2.34. The van der Waals surface area contributed by atoms with Crippen molar-refractivity contribution >= 4 is 5.91 Å². The minimum atomic E-state index is -0.665. The first kappa shape index (κ1) is 18.0. The average molecular weight is 328 g/mol. The Morgan fingerprint density at radius 3 is 2.38 bits per heavy atom. The molecule has 2 aromatic carbocycles.